The van der Waals surface area contributed by atoms with E-state index in [1.165, 1.54) is 37.7 Å². The van der Waals surface area contributed by atoms with Gasteiger partial charge in [-0.1, -0.05) is 53.5 Å². The first-order valence-corrected chi connectivity index (χ1v) is 14.2. The van der Waals surface area contributed by atoms with Gasteiger partial charge in [0.05, 0.1) is 0 Å². The SMILES string of the molecule is CC[C@@]12C[C@@H](C)CC[C@]1(C)CC[C@]1(C)C2=CC(=O)C2[C@@]3(C)CCC(=O)OC(C)(C)C3CC[C@]21C. The van der Waals surface area contributed by atoms with Gasteiger partial charge in [-0.05, 0) is 104 Å². The Kier molecular flexibility index (Phi) is 5.22. The summed E-state index contributed by atoms with van der Waals surface area (Å²) in [5.41, 5.74) is 1.17. The third-order valence-electron chi connectivity index (χ3n) is 12.9. The zero-order valence-electron chi connectivity index (χ0n) is 23.1. The molecule has 2 unspecified atom stereocenters. The lowest BCUT2D eigenvalue weighted by molar-refractivity contribution is -0.192. The van der Waals surface area contributed by atoms with Crippen LogP contribution in [-0.4, -0.2) is 17.4 Å². The summed E-state index contributed by atoms with van der Waals surface area (Å²) in [6.45, 7) is 18.8. The van der Waals surface area contributed by atoms with Crippen molar-refractivity contribution in [1.82, 2.24) is 0 Å². The summed E-state index contributed by atoms with van der Waals surface area (Å²) < 4.78 is 5.98. The molecule has 8 atom stereocenters. The molecule has 3 saturated carbocycles. The van der Waals surface area contributed by atoms with Crippen LogP contribution in [0.25, 0.3) is 0 Å². The highest BCUT2D eigenvalue weighted by atomic mass is 16.6. The molecule has 0 N–H and O–H groups in total. The van der Waals surface area contributed by atoms with Gasteiger partial charge in [0.15, 0.2) is 5.78 Å². The molecule has 3 nitrogen and oxygen atoms in total. The number of carbonyl (C=O) groups is 2. The van der Waals surface area contributed by atoms with Crippen molar-refractivity contribution in [1.29, 1.82) is 0 Å². The summed E-state index contributed by atoms with van der Waals surface area (Å²) in [6.07, 6.45) is 12.9. The number of hydrogen-bond donors (Lipinski definition) is 0. The second kappa shape index (κ2) is 7.22. The van der Waals surface area contributed by atoms with Crippen LogP contribution in [-0.2, 0) is 14.3 Å². The largest absolute Gasteiger partial charge is 0.459 e. The molecular formula is C31H48O3. The third kappa shape index (κ3) is 2.82. The number of ketones is 1. The highest BCUT2D eigenvalue weighted by molar-refractivity contribution is 5.96. The molecule has 0 radical (unpaired) electrons. The zero-order chi connectivity index (χ0) is 24.9. The fraction of sp³-hybridized carbons (Fsp3) is 0.871. The van der Waals surface area contributed by atoms with Gasteiger partial charge in [-0.25, -0.2) is 0 Å². The lowest BCUT2D eigenvalue weighted by Crippen LogP contribution is -2.66. The molecule has 0 aromatic rings. The molecule has 0 aromatic carbocycles. The minimum Gasteiger partial charge on any atom is -0.459 e. The van der Waals surface area contributed by atoms with Gasteiger partial charge >= 0.3 is 5.97 Å². The highest BCUT2D eigenvalue weighted by Gasteiger charge is 2.71. The van der Waals surface area contributed by atoms with E-state index in [1.54, 1.807) is 0 Å². The Hall–Kier alpha value is -1.12. The standard InChI is InChI=1S/C31H48O3/c1-9-31-19-20(2)10-13-27(31,5)16-17-29(7)23(31)18-21(32)25-28(6)14-12-24(33)34-26(3,4)22(28)11-15-30(25,29)8/h18,20,22,25H,9-17,19H2,1-8H3/t20-,22?,25?,27+,28-,29+,30+,31-/m0/s1. The van der Waals surface area contributed by atoms with Crippen molar-refractivity contribution in [2.24, 2.45) is 44.8 Å². The second-order valence-corrected chi connectivity index (χ2v) is 14.7. The maximum Gasteiger partial charge on any atom is 0.306 e. The maximum absolute atomic E-state index is 14.4. The molecule has 5 aliphatic rings. The van der Waals surface area contributed by atoms with Crippen molar-refractivity contribution in [3.63, 3.8) is 0 Å². The molecule has 1 aliphatic heterocycles. The van der Waals surface area contributed by atoms with E-state index in [0.29, 0.717) is 17.6 Å². The van der Waals surface area contributed by atoms with Crippen LogP contribution in [0.3, 0.4) is 0 Å². The summed E-state index contributed by atoms with van der Waals surface area (Å²) in [5, 5.41) is 0. The molecule has 0 bridgehead atoms. The van der Waals surface area contributed by atoms with Crippen LogP contribution in [0.4, 0.5) is 0 Å². The monoisotopic (exact) mass is 468 g/mol. The number of allylic oxidation sites excluding steroid dienone is 2. The van der Waals surface area contributed by atoms with Gasteiger partial charge in [0.25, 0.3) is 0 Å². The van der Waals surface area contributed by atoms with Gasteiger partial charge in [0, 0.05) is 18.3 Å². The van der Waals surface area contributed by atoms with Crippen molar-refractivity contribution < 1.29 is 14.3 Å². The maximum atomic E-state index is 14.4. The Morgan fingerprint density at radius 3 is 2.32 bits per heavy atom. The number of ether oxygens (including phenoxy) is 1. The number of esters is 1. The van der Waals surface area contributed by atoms with Crippen LogP contribution >= 0.6 is 0 Å². The first kappa shape index (κ1) is 24.6. The lowest BCUT2D eigenvalue weighted by atomic mass is 9.32. The summed E-state index contributed by atoms with van der Waals surface area (Å²) in [4.78, 5) is 27.0. The molecule has 34 heavy (non-hydrogen) atoms. The third-order valence-corrected chi connectivity index (χ3v) is 12.9. The van der Waals surface area contributed by atoms with E-state index in [-0.39, 0.29) is 39.5 Å². The fourth-order valence-electron chi connectivity index (χ4n) is 10.9. The van der Waals surface area contributed by atoms with Gasteiger partial charge in [0.1, 0.15) is 5.60 Å². The molecule has 1 heterocycles. The number of rotatable bonds is 1. The van der Waals surface area contributed by atoms with E-state index < -0.39 is 5.60 Å². The Morgan fingerprint density at radius 1 is 0.941 bits per heavy atom. The van der Waals surface area contributed by atoms with Crippen molar-refractivity contribution in [3.05, 3.63) is 11.6 Å². The summed E-state index contributed by atoms with van der Waals surface area (Å²) >= 11 is 0. The van der Waals surface area contributed by atoms with Crippen LogP contribution in [0.5, 0.6) is 0 Å². The Morgan fingerprint density at radius 2 is 1.65 bits per heavy atom. The first-order chi connectivity index (χ1) is 15.7. The van der Waals surface area contributed by atoms with Gasteiger partial charge in [-0.15, -0.1) is 0 Å². The second-order valence-electron chi connectivity index (χ2n) is 14.7. The summed E-state index contributed by atoms with van der Waals surface area (Å²) in [7, 11) is 0. The topological polar surface area (TPSA) is 43.4 Å². The van der Waals surface area contributed by atoms with Gasteiger partial charge < -0.3 is 4.74 Å². The average molecular weight is 469 g/mol. The molecule has 0 aromatic heterocycles. The fourth-order valence-corrected chi connectivity index (χ4v) is 10.9. The summed E-state index contributed by atoms with van der Waals surface area (Å²) in [5.74, 6) is 1.15. The van der Waals surface area contributed by atoms with Gasteiger partial charge in [-0.2, -0.15) is 0 Å². The molecular weight excluding hydrogens is 420 g/mol. The Bertz CT molecular complexity index is 946. The van der Waals surface area contributed by atoms with Crippen LogP contribution < -0.4 is 0 Å². The normalized spacial score (nSPS) is 52.2. The first-order valence-electron chi connectivity index (χ1n) is 14.2. The number of fused-ring (bicyclic) bond motifs is 7. The predicted molar refractivity (Wildman–Crippen MR) is 136 cm³/mol. The predicted octanol–water partition coefficient (Wildman–Crippen LogP) is 7.67. The quantitative estimate of drug-likeness (QED) is 0.371. The van der Waals surface area contributed by atoms with Gasteiger partial charge in [0.2, 0.25) is 0 Å². The van der Waals surface area contributed by atoms with Crippen molar-refractivity contribution in [3.8, 4) is 0 Å². The van der Waals surface area contributed by atoms with Gasteiger partial charge in [-0.3, -0.25) is 9.59 Å². The van der Waals surface area contributed by atoms with E-state index >= 15 is 0 Å². The molecule has 190 valence electrons. The molecule has 0 spiro atoms. The minimum atomic E-state index is -0.524. The molecule has 5 rings (SSSR count). The molecule has 4 fully saturated rings. The average Bonchev–Trinajstić information content (AvgIpc) is 2.83. The van der Waals surface area contributed by atoms with E-state index in [9.17, 15) is 9.59 Å². The minimum absolute atomic E-state index is 0.0352. The number of carbonyl (C=O) groups excluding carboxylic acids is 2. The molecule has 0 amide bonds. The van der Waals surface area contributed by atoms with E-state index in [0.717, 1.165) is 31.6 Å². The molecule has 1 saturated heterocycles. The van der Waals surface area contributed by atoms with Crippen molar-refractivity contribution in [2.45, 2.75) is 125 Å². The number of hydrogen-bond acceptors (Lipinski definition) is 3. The van der Waals surface area contributed by atoms with Crippen LogP contribution in [0.1, 0.15) is 120 Å². The van der Waals surface area contributed by atoms with E-state index in [2.05, 4.69) is 61.5 Å². The summed E-state index contributed by atoms with van der Waals surface area (Å²) in [6, 6.07) is 0. The Balaban J connectivity index is 1.69. The lowest BCUT2D eigenvalue weighted by Gasteiger charge is -2.71. The molecule has 4 aliphatic carbocycles. The highest BCUT2D eigenvalue weighted by Crippen LogP contribution is 2.77. The van der Waals surface area contributed by atoms with Crippen molar-refractivity contribution in [2.75, 3.05) is 0 Å². The van der Waals surface area contributed by atoms with Crippen LogP contribution in [0.2, 0.25) is 0 Å². The van der Waals surface area contributed by atoms with E-state index in [1.807, 2.05) is 0 Å². The Labute approximate surface area is 207 Å². The molecule has 3 heteroatoms. The van der Waals surface area contributed by atoms with Crippen molar-refractivity contribution >= 4 is 11.8 Å². The smallest absolute Gasteiger partial charge is 0.306 e. The van der Waals surface area contributed by atoms with E-state index in [4.69, 9.17) is 4.74 Å². The van der Waals surface area contributed by atoms with Crippen LogP contribution in [0, 0.1) is 44.8 Å². The number of cyclic esters (lactones) is 1. The van der Waals surface area contributed by atoms with Crippen LogP contribution in [0.15, 0.2) is 11.6 Å². The zero-order valence-corrected chi connectivity index (χ0v) is 23.1.